The molecule has 7 heteroatoms. The minimum Gasteiger partial charge on any atom is -0.497 e. The molecule has 1 aromatic carbocycles. The van der Waals surface area contributed by atoms with Crippen molar-refractivity contribution in [1.82, 2.24) is 14.9 Å². The zero-order valence-electron chi connectivity index (χ0n) is 15.4. The van der Waals surface area contributed by atoms with Gasteiger partial charge >= 0.3 is 0 Å². The summed E-state index contributed by atoms with van der Waals surface area (Å²) in [5, 5.41) is 0. The van der Waals surface area contributed by atoms with Gasteiger partial charge in [-0.25, -0.2) is 9.97 Å². The summed E-state index contributed by atoms with van der Waals surface area (Å²) in [6, 6.07) is 9.19. The van der Waals surface area contributed by atoms with Gasteiger partial charge in [0.15, 0.2) is 0 Å². The van der Waals surface area contributed by atoms with E-state index < -0.39 is 0 Å². The van der Waals surface area contributed by atoms with E-state index in [1.165, 1.54) is 6.33 Å². The van der Waals surface area contributed by atoms with Gasteiger partial charge in [0.05, 0.1) is 7.11 Å². The van der Waals surface area contributed by atoms with E-state index in [0.717, 1.165) is 24.7 Å². The number of benzene rings is 1. The summed E-state index contributed by atoms with van der Waals surface area (Å²) >= 11 is 0. The zero-order valence-corrected chi connectivity index (χ0v) is 15.4. The molecule has 0 radical (unpaired) electrons. The van der Waals surface area contributed by atoms with E-state index in [0.29, 0.717) is 24.7 Å². The molecule has 2 heterocycles. The molecule has 26 heavy (non-hydrogen) atoms. The molecule has 0 saturated carbocycles. The third kappa shape index (κ3) is 4.22. The number of carbonyl (C=O) groups excluding carboxylic acids is 1. The van der Waals surface area contributed by atoms with Gasteiger partial charge in [0.2, 0.25) is 11.8 Å². The molecule has 0 aliphatic carbocycles. The van der Waals surface area contributed by atoms with Crippen LogP contribution in [0.3, 0.4) is 0 Å². The number of nitrogens with zero attached hydrogens (tertiary/aromatic N) is 4. The second-order valence-corrected chi connectivity index (χ2v) is 6.46. The summed E-state index contributed by atoms with van der Waals surface area (Å²) in [5.41, 5.74) is 0. The number of ether oxygens (including phenoxy) is 2. The summed E-state index contributed by atoms with van der Waals surface area (Å²) in [5.74, 6) is 2.89. The minimum absolute atomic E-state index is 0.0310. The molecule has 0 N–H and O–H groups in total. The maximum Gasteiger partial charge on any atom is 0.225 e. The molecule has 3 rings (SSSR count). The number of piperazine rings is 1. The van der Waals surface area contributed by atoms with Crippen LogP contribution in [0.5, 0.6) is 17.4 Å². The highest BCUT2D eigenvalue weighted by molar-refractivity contribution is 5.78. The number of anilines is 1. The summed E-state index contributed by atoms with van der Waals surface area (Å²) < 4.78 is 11.0. The third-order valence-corrected chi connectivity index (χ3v) is 4.30. The highest BCUT2D eigenvalue weighted by Gasteiger charge is 2.23. The Kier molecular flexibility index (Phi) is 5.55. The number of amides is 1. The minimum atomic E-state index is 0.0310. The van der Waals surface area contributed by atoms with Crippen molar-refractivity contribution in [3.05, 3.63) is 36.7 Å². The van der Waals surface area contributed by atoms with Crippen LogP contribution in [-0.2, 0) is 4.79 Å². The van der Waals surface area contributed by atoms with Crippen LogP contribution in [0.25, 0.3) is 0 Å². The lowest BCUT2D eigenvalue weighted by Crippen LogP contribution is -2.50. The van der Waals surface area contributed by atoms with E-state index in [2.05, 4.69) is 14.9 Å². The molecule has 1 saturated heterocycles. The van der Waals surface area contributed by atoms with Gasteiger partial charge in [-0.05, 0) is 12.1 Å². The highest BCUT2D eigenvalue weighted by Crippen LogP contribution is 2.25. The van der Waals surface area contributed by atoms with Crippen LogP contribution >= 0.6 is 0 Å². The first-order valence-electron chi connectivity index (χ1n) is 8.74. The first-order chi connectivity index (χ1) is 12.6. The quantitative estimate of drug-likeness (QED) is 0.820. The zero-order chi connectivity index (χ0) is 18.5. The van der Waals surface area contributed by atoms with E-state index in [4.69, 9.17) is 9.47 Å². The third-order valence-electron chi connectivity index (χ3n) is 4.30. The molecule has 0 spiro atoms. The van der Waals surface area contributed by atoms with Gasteiger partial charge in [-0.3, -0.25) is 4.79 Å². The molecule has 1 aromatic heterocycles. The van der Waals surface area contributed by atoms with Crippen LogP contribution in [-0.4, -0.2) is 54.1 Å². The molecule has 138 valence electrons. The molecule has 0 unspecified atom stereocenters. The average molecular weight is 356 g/mol. The molecule has 0 bridgehead atoms. The summed E-state index contributed by atoms with van der Waals surface area (Å²) in [7, 11) is 1.62. The Morgan fingerprint density at radius 2 is 1.81 bits per heavy atom. The van der Waals surface area contributed by atoms with Gasteiger partial charge < -0.3 is 19.3 Å². The highest BCUT2D eigenvalue weighted by atomic mass is 16.5. The standard InChI is InChI=1S/C19H24N4O3/c1-14(2)19(24)23-9-7-22(8-10-23)17-12-18(21-13-20-17)26-16-6-4-5-15(11-16)25-3/h4-6,11-14H,7-10H2,1-3H3. The first-order valence-corrected chi connectivity index (χ1v) is 8.74. The topological polar surface area (TPSA) is 67.8 Å². The molecule has 1 fully saturated rings. The van der Waals surface area contributed by atoms with E-state index >= 15 is 0 Å². The summed E-state index contributed by atoms with van der Waals surface area (Å²) in [6.45, 7) is 6.75. The number of carbonyl (C=O) groups is 1. The second-order valence-electron chi connectivity index (χ2n) is 6.46. The lowest BCUT2D eigenvalue weighted by atomic mass is 10.1. The molecule has 1 aliphatic heterocycles. The molecule has 1 aliphatic rings. The van der Waals surface area contributed by atoms with Gasteiger partial charge in [-0.2, -0.15) is 0 Å². The van der Waals surface area contributed by atoms with Crippen LogP contribution < -0.4 is 14.4 Å². The number of methoxy groups -OCH3 is 1. The Morgan fingerprint density at radius 1 is 1.08 bits per heavy atom. The van der Waals surface area contributed by atoms with Gasteiger partial charge in [0.1, 0.15) is 23.6 Å². The van der Waals surface area contributed by atoms with Gasteiger partial charge in [0, 0.05) is 44.2 Å². The Morgan fingerprint density at radius 3 is 2.50 bits per heavy atom. The van der Waals surface area contributed by atoms with Crippen molar-refractivity contribution in [3.8, 4) is 17.4 Å². The van der Waals surface area contributed by atoms with E-state index in [9.17, 15) is 4.79 Å². The summed E-state index contributed by atoms with van der Waals surface area (Å²) in [6.07, 6.45) is 1.50. The Labute approximate surface area is 153 Å². The van der Waals surface area contributed by atoms with Crippen LogP contribution in [0.4, 0.5) is 5.82 Å². The predicted molar refractivity (Wildman–Crippen MR) is 98.7 cm³/mol. The van der Waals surface area contributed by atoms with E-state index in [-0.39, 0.29) is 11.8 Å². The number of hydrogen-bond donors (Lipinski definition) is 0. The fraction of sp³-hybridized carbons (Fsp3) is 0.421. The number of rotatable bonds is 5. The molecule has 1 amide bonds. The van der Waals surface area contributed by atoms with Crippen molar-refractivity contribution in [3.63, 3.8) is 0 Å². The molecule has 2 aromatic rings. The Bertz CT molecular complexity index is 758. The van der Waals surface area contributed by atoms with Crippen LogP contribution in [0.2, 0.25) is 0 Å². The molecule has 0 atom stereocenters. The summed E-state index contributed by atoms with van der Waals surface area (Å²) in [4.78, 5) is 24.7. The van der Waals surface area contributed by atoms with Crippen molar-refractivity contribution in [2.75, 3.05) is 38.2 Å². The largest absolute Gasteiger partial charge is 0.497 e. The van der Waals surface area contributed by atoms with Gasteiger partial charge in [-0.1, -0.05) is 19.9 Å². The van der Waals surface area contributed by atoms with Crippen molar-refractivity contribution < 1.29 is 14.3 Å². The SMILES string of the molecule is COc1cccc(Oc2cc(N3CCN(C(=O)C(C)C)CC3)ncn2)c1. The van der Waals surface area contributed by atoms with Crippen molar-refractivity contribution in [2.24, 2.45) is 5.92 Å². The Balaban J connectivity index is 1.65. The smallest absolute Gasteiger partial charge is 0.225 e. The second kappa shape index (κ2) is 8.03. The lowest BCUT2D eigenvalue weighted by Gasteiger charge is -2.36. The van der Waals surface area contributed by atoms with Gasteiger partial charge in [0.25, 0.3) is 0 Å². The monoisotopic (exact) mass is 356 g/mol. The fourth-order valence-corrected chi connectivity index (χ4v) is 2.87. The van der Waals surface area contributed by atoms with Gasteiger partial charge in [-0.15, -0.1) is 0 Å². The molecular weight excluding hydrogens is 332 g/mol. The van der Waals surface area contributed by atoms with Crippen molar-refractivity contribution in [2.45, 2.75) is 13.8 Å². The van der Waals surface area contributed by atoms with Crippen molar-refractivity contribution in [1.29, 1.82) is 0 Å². The molecule has 7 nitrogen and oxygen atoms in total. The lowest BCUT2D eigenvalue weighted by molar-refractivity contribution is -0.134. The van der Waals surface area contributed by atoms with E-state index in [1.54, 1.807) is 13.2 Å². The average Bonchev–Trinajstić information content (AvgIpc) is 2.68. The van der Waals surface area contributed by atoms with Crippen molar-refractivity contribution >= 4 is 11.7 Å². The first kappa shape index (κ1) is 18.0. The number of hydrogen-bond acceptors (Lipinski definition) is 6. The number of aromatic nitrogens is 2. The maximum atomic E-state index is 12.1. The van der Waals surface area contributed by atoms with Crippen LogP contribution in [0, 0.1) is 5.92 Å². The Hall–Kier alpha value is -2.83. The molecular formula is C19H24N4O3. The van der Waals surface area contributed by atoms with E-state index in [1.807, 2.05) is 43.0 Å². The van der Waals surface area contributed by atoms with Crippen LogP contribution in [0.1, 0.15) is 13.8 Å². The maximum absolute atomic E-state index is 12.1. The predicted octanol–water partition coefficient (Wildman–Crippen LogP) is 2.58. The van der Waals surface area contributed by atoms with Crippen LogP contribution in [0.15, 0.2) is 36.7 Å². The normalized spacial score (nSPS) is 14.5. The fourth-order valence-electron chi connectivity index (χ4n) is 2.87.